The van der Waals surface area contributed by atoms with Crippen LogP contribution in [0.15, 0.2) is 12.1 Å². The van der Waals surface area contributed by atoms with E-state index in [0.29, 0.717) is 6.54 Å². The first-order valence-corrected chi connectivity index (χ1v) is 5.58. The van der Waals surface area contributed by atoms with Crippen molar-refractivity contribution in [2.24, 2.45) is 0 Å². The molecule has 1 aromatic rings. The van der Waals surface area contributed by atoms with Crippen LogP contribution in [0.25, 0.3) is 0 Å². The van der Waals surface area contributed by atoms with Crippen molar-refractivity contribution in [3.63, 3.8) is 0 Å². The van der Waals surface area contributed by atoms with E-state index in [0.717, 1.165) is 0 Å². The third kappa shape index (κ3) is 2.55. The van der Waals surface area contributed by atoms with Crippen molar-refractivity contribution in [2.75, 3.05) is 19.6 Å². The van der Waals surface area contributed by atoms with Gasteiger partial charge in [0.2, 0.25) is 0 Å². The highest BCUT2D eigenvalue weighted by atomic mass is 16.6. The molecular weight excluding hydrogens is 256 g/mol. The largest absolute Gasteiger partial charge is 0.480 e. The first-order chi connectivity index (χ1) is 9.00. The number of carboxylic acids is 1. The van der Waals surface area contributed by atoms with Crippen LogP contribution in [-0.2, 0) is 4.79 Å². The number of aliphatic carboxylic acids is 1. The number of amides is 1. The second-order valence-electron chi connectivity index (χ2n) is 4.07. The predicted octanol–water partition coefficient (Wildman–Crippen LogP) is -0.578. The van der Waals surface area contributed by atoms with Crippen molar-refractivity contribution >= 4 is 17.7 Å². The molecule has 1 saturated heterocycles. The summed E-state index contributed by atoms with van der Waals surface area (Å²) in [5.41, 5.74) is 0.0138. The number of nitrogens with one attached hydrogen (secondary N) is 2. The fraction of sp³-hybridized carbons (Fsp3) is 0.400. The van der Waals surface area contributed by atoms with Crippen molar-refractivity contribution < 1.29 is 19.6 Å². The van der Waals surface area contributed by atoms with Gasteiger partial charge < -0.3 is 25.4 Å². The third-order valence-electron chi connectivity index (χ3n) is 2.89. The minimum absolute atomic E-state index is 0.0138. The molecule has 1 unspecified atom stereocenters. The molecule has 1 amide bonds. The predicted molar refractivity (Wildman–Crippen MR) is 62.8 cm³/mol. The fourth-order valence-corrected chi connectivity index (χ4v) is 1.94. The van der Waals surface area contributed by atoms with E-state index >= 15 is 0 Å². The zero-order valence-electron chi connectivity index (χ0n) is 9.83. The summed E-state index contributed by atoms with van der Waals surface area (Å²) in [7, 11) is 0. The molecule has 1 aliphatic rings. The maximum atomic E-state index is 12.1. The second kappa shape index (κ2) is 5.06. The number of aromatic amines is 1. The number of piperazine rings is 1. The first kappa shape index (κ1) is 13.0. The van der Waals surface area contributed by atoms with Crippen molar-refractivity contribution in [2.45, 2.75) is 6.04 Å². The Kier molecular flexibility index (Phi) is 3.47. The van der Waals surface area contributed by atoms with E-state index in [9.17, 15) is 19.7 Å². The summed E-state index contributed by atoms with van der Waals surface area (Å²) in [6.07, 6.45) is 0. The van der Waals surface area contributed by atoms with Crippen LogP contribution in [0.4, 0.5) is 5.82 Å². The molecule has 1 atom stereocenters. The Labute approximate surface area is 107 Å². The molecule has 102 valence electrons. The van der Waals surface area contributed by atoms with Crippen molar-refractivity contribution in [3.05, 3.63) is 27.9 Å². The Hall–Kier alpha value is -2.42. The highest BCUT2D eigenvalue weighted by Crippen LogP contribution is 2.14. The van der Waals surface area contributed by atoms with E-state index in [1.807, 2.05) is 0 Å². The Morgan fingerprint density at radius 1 is 1.47 bits per heavy atom. The van der Waals surface area contributed by atoms with E-state index in [2.05, 4.69) is 10.3 Å². The Balaban J connectivity index is 2.21. The molecule has 0 spiro atoms. The van der Waals surface area contributed by atoms with Gasteiger partial charge in [-0.1, -0.05) is 0 Å². The van der Waals surface area contributed by atoms with Gasteiger partial charge in [0, 0.05) is 25.7 Å². The first-order valence-electron chi connectivity index (χ1n) is 5.58. The molecule has 1 aliphatic heterocycles. The molecule has 1 aromatic heterocycles. The van der Waals surface area contributed by atoms with Crippen LogP contribution in [0.1, 0.15) is 10.5 Å². The van der Waals surface area contributed by atoms with Crippen molar-refractivity contribution in [1.82, 2.24) is 15.2 Å². The Bertz CT molecular complexity index is 526. The highest BCUT2D eigenvalue weighted by Gasteiger charge is 2.34. The number of carboxylic acid groups (broad SMARTS) is 1. The van der Waals surface area contributed by atoms with Crippen LogP contribution in [0.2, 0.25) is 0 Å². The Morgan fingerprint density at radius 2 is 2.21 bits per heavy atom. The van der Waals surface area contributed by atoms with Crippen LogP contribution >= 0.6 is 0 Å². The van der Waals surface area contributed by atoms with Gasteiger partial charge in [-0.25, -0.2) is 9.78 Å². The van der Waals surface area contributed by atoms with Gasteiger partial charge in [0.1, 0.15) is 6.04 Å². The third-order valence-corrected chi connectivity index (χ3v) is 2.89. The molecule has 0 aromatic carbocycles. The van der Waals surface area contributed by atoms with Crippen LogP contribution in [0.5, 0.6) is 0 Å². The average molecular weight is 268 g/mol. The zero-order valence-corrected chi connectivity index (χ0v) is 9.83. The van der Waals surface area contributed by atoms with Crippen molar-refractivity contribution in [1.29, 1.82) is 0 Å². The van der Waals surface area contributed by atoms with Gasteiger partial charge in [0.25, 0.3) is 5.91 Å². The standard InChI is InChI=1S/C10H12N4O5/c15-9(6-1-2-8(12-6)14(18)19)13-4-3-11-5-7(13)10(16)17/h1-2,7,11-12H,3-5H2,(H,16,17). The minimum Gasteiger partial charge on any atom is -0.480 e. The summed E-state index contributed by atoms with van der Waals surface area (Å²) in [4.78, 5) is 36.6. The molecule has 9 heteroatoms. The van der Waals surface area contributed by atoms with Gasteiger partial charge in [-0.05, 0) is 11.0 Å². The van der Waals surface area contributed by atoms with E-state index in [4.69, 9.17) is 5.11 Å². The molecule has 3 N–H and O–H groups in total. The molecular formula is C10H12N4O5. The summed E-state index contributed by atoms with van der Waals surface area (Å²) < 4.78 is 0. The summed E-state index contributed by atoms with van der Waals surface area (Å²) in [6, 6.07) is 1.48. The lowest BCUT2D eigenvalue weighted by Crippen LogP contribution is -2.57. The second-order valence-corrected chi connectivity index (χ2v) is 4.07. The van der Waals surface area contributed by atoms with Gasteiger partial charge in [0.15, 0.2) is 5.69 Å². The van der Waals surface area contributed by atoms with E-state index in [1.54, 1.807) is 0 Å². The lowest BCUT2D eigenvalue weighted by Gasteiger charge is -2.32. The van der Waals surface area contributed by atoms with E-state index in [-0.39, 0.29) is 24.6 Å². The summed E-state index contributed by atoms with van der Waals surface area (Å²) in [6.45, 7) is 0.880. The number of nitrogens with zero attached hydrogens (tertiary/aromatic N) is 2. The van der Waals surface area contributed by atoms with Crippen molar-refractivity contribution in [3.8, 4) is 0 Å². The maximum absolute atomic E-state index is 12.1. The fourth-order valence-electron chi connectivity index (χ4n) is 1.94. The monoisotopic (exact) mass is 268 g/mol. The molecule has 0 aliphatic carbocycles. The average Bonchev–Trinajstić information content (AvgIpc) is 2.87. The minimum atomic E-state index is -1.11. The van der Waals surface area contributed by atoms with E-state index in [1.165, 1.54) is 17.0 Å². The smallest absolute Gasteiger partial charge is 0.327 e. The molecule has 9 nitrogen and oxygen atoms in total. The summed E-state index contributed by atoms with van der Waals surface area (Å²) >= 11 is 0. The van der Waals surface area contributed by atoms with E-state index < -0.39 is 22.8 Å². The van der Waals surface area contributed by atoms with Gasteiger partial charge >= 0.3 is 11.8 Å². The SMILES string of the molecule is O=C(O)C1CNCCN1C(=O)c1ccc([N+](=O)[O-])[nH]1. The van der Waals surface area contributed by atoms with Gasteiger partial charge in [-0.15, -0.1) is 0 Å². The number of H-pyrrole nitrogens is 1. The quantitative estimate of drug-likeness (QED) is 0.497. The molecule has 1 fully saturated rings. The highest BCUT2D eigenvalue weighted by molar-refractivity contribution is 5.95. The normalized spacial score (nSPS) is 19.2. The molecule has 0 bridgehead atoms. The number of hydrogen-bond acceptors (Lipinski definition) is 5. The lowest BCUT2D eigenvalue weighted by atomic mass is 10.2. The maximum Gasteiger partial charge on any atom is 0.327 e. The van der Waals surface area contributed by atoms with Crippen LogP contribution in [0.3, 0.4) is 0 Å². The number of hydrogen-bond donors (Lipinski definition) is 3. The summed E-state index contributed by atoms with van der Waals surface area (Å²) in [5, 5.41) is 22.5. The van der Waals surface area contributed by atoms with Crippen LogP contribution in [0, 0.1) is 10.1 Å². The molecule has 2 rings (SSSR count). The molecule has 0 radical (unpaired) electrons. The number of carbonyl (C=O) groups is 2. The van der Waals surface area contributed by atoms with Gasteiger partial charge in [0.05, 0.1) is 0 Å². The molecule has 0 saturated carbocycles. The van der Waals surface area contributed by atoms with Gasteiger partial charge in [-0.3, -0.25) is 4.79 Å². The molecule has 19 heavy (non-hydrogen) atoms. The molecule has 2 heterocycles. The number of nitro groups is 1. The van der Waals surface area contributed by atoms with Crippen LogP contribution in [-0.4, -0.2) is 57.5 Å². The van der Waals surface area contributed by atoms with Gasteiger partial charge in [-0.2, -0.15) is 0 Å². The zero-order chi connectivity index (χ0) is 14.0. The number of rotatable bonds is 3. The topological polar surface area (TPSA) is 129 Å². The Morgan fingerprint density at radius 3 is 2.79 bits per heavy atom. The number of aromatic nitrogens is 1. The van der Waals surface area contributed by atoms with Crippen LogP contribution < -0.4 is 5.32 Å². The summed E-state index contributed by atoms with van der Waals surface area (Å²) in [5.74, 6) is -1.96. The lowest BCUT2D eigenvalue weighted by molar-refractivity contribution is -0.389. The number of carbonyl (C=O) groups excluding carboxylic acids is 1.